The molecule has 0 unspecified atom stereocenters. The maximum Gasteiger partial charge on any atom is 0.344 e. The van der Waals surface area contributed by atoms with Crippen LogP contribution in [0.2, 0.25) is 10.0 Å². The highest BCUT2D eigenvalue weighted by molar-refractivity contribution is 8.18. The molecule has 162 valence electrons. The van der Waals surface area contributed by atoms with Crippen LogP contribution >= 0.6 is 35.0 Å². The van der Waals surface area contributed by atoms with Gasteiger partial charge in [-0.05, 0) is 56.3 Å². The van der Waals surface area contributed by atoms with Gasteiger partial charge in [-0.1, -0.05) is 23.2 Å². The molecule has 0 radical (unpaired) electrons. The summed E-state index contributed by atoms with van der Waals surface area (Å²) in [6.45, 7) is 4.70. The number of nitrogens with zero attached hydrogens (tertiary/aromatic N) is 1. The fourth-order valence-corrected chi connectivity index (χ4v) is 3.99. The third-order valence-corrected chi connectivity index (χ3v) is 5.24. The van der Waals surface area contributed by atoms with Crippen LogP contribution in [0.25, 0.3) is 6.08 Å². The van der Waals surface area contributed by atoms with Crippen molar-refractivity contribution >= 4 is 64.1 Å². The number of rotatable bonds is 8. The number of amides is 2. The van der Waals surface area contributed by atoms with Crippen molar-refractivity contribution in [3.05, 3.63) is 32.6 Å². The van der Waals surface area contributed by atoms with Crippen molar-refractivity contribution in [1.82, 2.24) is 4.90 Å². The molecule has 0 saturated carbocycles. The summed E-state index contributed by atoms with van der Waals surface area (Å²) in [5.74, 6) is -1.78. The number of carbonyl (C=O) groups excluding carboxylic acids is 4. The normalized spacial score (nSPS) is 16.0. The summed E-state index contributed by atoms with van der Waals surface area (Å²) in [7, 11) is 0. The zero-order valence-corrected chi connectivity index (χ0v) is 18.7. The lowest BCUT2D eigenvalue weighted by Gasteiger charge is -2.19. The van der Waals surface area contributed by atoms with Crippen molar-refractivity contribution in [2.45, 2.75) is 26.8 Å². The maximum atomic E-state index is 12.6. The minimum Gasteiger partial charge on any atom is -0.479 e. The van der Waals surface area contributed by atoms with Gasteiger partial charge in [0.1, 0.15) is 6.04 Å². The molecule has 0 aliphatic carbocycles. The fourth-order valence-electron chi connectivity index (χ4n) is 2.47. The summed E-state index contributed by atoms with van der Waals surface area (Å²) in [5.41, 5.74) is 0.433. The molecule has 1 aliphatic rings. The van der Waals surface area contributed by atoms with E-state index in [4.69, 9.17) is 37.4 Å². The van der Waals surface area contributed by atoms with E-state index in [2.05, 4.69) is 0 Å². The van der Waals surface area contributed by atoms with Crippen LogP contribution in [0.15, 0.2) is 17.0 Å². The lowest BCUT2D eigenvalue weighted by Crippen LogP contribution is -2.42. The molecule has 1 atom stereocenters. The lowest BCUT2D eigenvalue weighted by atomic mass is 10.2. The Kier molecular flexibility index (Phi) is 8.57. The minimum atomic E-state index is -1.05. The molecular weight excluding hydrogens is 457 g/mol. The Hall–Kier alpha value is -2.23. The Morgan fingerprint density at radius 3 is 2.30 bits per heavy atom. The van der Waals surface area contributed by atoms with E-state index in [0.717, 1.165) is 4.90 Å². The molecular formula is C19H19Cl2NO7S. The van der Waals surface area contributed by atoms with E-state index < -0.39 is 29.1 Å². The van der Waals surface area contributed by atoms with E-state index in [-0.39, 0.29) is 40.5 Å². The average Bonchev–Trinajstić information content (AvgIpc) is 2.94. The van der Waals surface area contributed by atoms with Crippen LogP contribution in [-0.2, 0) is 23.9 Å². The topological polar surface area (TPSA) is 99.2 Å². The van der Waals surface area contributed by atoms with E-state index in [1.807, 2.05) is 0 Å². The molecule has 1 aromatic rings. The number of imide groups is 1. The van der Waals surface area contributed by atoms with Gasteiger partial charge in [0, 0.05) is 0 Å². The number of benzene rings is 1. The molecule has 1 fully saturated rings. The largest absolute Gasteiger partial charge is 0.479 e. The maximum absolute atomic E-state index is 12.6. The second-order valence-electron chi connectivity index (χ2n) is 5.89. The Morgan fingerprint density at radius 1 is 1.13 bits per heavy atom. The first-order valence-corrected chi connectivity index (χ1v) is 10.5. The van der Waals surface area contributed by atoms with Gasteiger partial charge >= 0.3 is 11.9 Å². The van der Waals surface area contributed by atoms with Crippen LogP contribution in [0.1, 0.15) is 26.3 Å². The van der Waals surface area contributed by atoms with E-state index in [1.165, 1.54) is 25.1 Å². The molecule has 0 N–H and O–H groups in total. The number of carbonyl (C=O) groups is 4. The quantitative estimate of drug-likeness (QED) is 0.411. The van der Waals surface area contributed by atoms with E-state index in [0.29, 0.717) is 17.3 Å². The second kappa shape index (κ2) is 10.7. The third kappa shape index (κ3) is 5.68. The Labute approximate surface area is 187 Å². The molecule has 2 amide bonds. The second-order valence-corrected chi connectivity index (χ2v) is 7.69. The fraction of sp³-hybridized carbons (Fsp3) is 0.368. The van der Waals surface area contributed by atoms with Gasteiger partial charge in [0.05, 0.1) is 28.2 Å². The van der Waals surface area contributed by atoms with Crippen molar-refractivity contribution in [3.63, 3.8) is 0 Å². The standard InChI is InChI=1S/C19H19Cl2NO7S/c1-4-27-15(23)9-29-16-12(20)6-11(7-13(16)21)8-14-17(24)22(19(26)30-14)10(3)18(25)28-5-2/h6-8,10H,4-5,9H2,1-3H3/b14-8+/t10-/m0/s1. The van der Waals surface area contributed by atoms with Gasteiger partial charge in [-0.2, -0.15) is 0 Å². The van der Waals surface area contributed by atoms with Crippen LogP contribution in [0, 0.1) is 0 Å². The predicted octanol–water partition coefficient (Wildman–Crippen LogP) is 3.92. The van der Waals surface area contributed by atoms with Crippen LogP contribution in [0.4, 0.5) is 4.79 Å². The molecule has 8 nitrogen and oxygen atoms in total. The molecule has 2 rings (SSSR count). The molecule has 0 bridgehead atoms. The molecule has 1 heterocycles. The first kappa shape index (κ1) is 24.0. The highest BCUT2D eigenvalue weighted by atomic mass is 35.5. The predicted molar refractivity (Wildman–Crippen MR) is 112 cm³/mol. The monoisotopic (exact) mass is 475 g/mol. The summed E-state index contributed by atoms with van der Waals surface area (Å²) >= 11 is 13.0. The number of halogens is 2. The number of hydrogen-bond donors (Lipinski definition) is 0. The summed E-state index contributed by atoms with van der Waals surface area (Å²) in [5, 5.41) is -0.368. The number of thioether (sulfide) groups is 1. The number of esters is 2. The van der Waals surface area contributed by atoms with Crippen LogP contribution in [0.3, 0.4) is 0 Å². The van der Waals surface area contributed by atoms with E-state index >= 15 is 0 Å². The van der Waals surface area contributed by atoms with Crippen LogP contribution in [0.5, 0.6) is 5.75 Å². The van der Waals surface area contributed by atoms with Crippen molar-refractivity contribution in [1.29, 1.82) is 0 Å². The zero-order chi connectivity index (χ0) is 22.4. The third-order valence-electron chi connectivity index (χ3n) is 3.80. The van der Waals surface area contributed by atoms with Crippen molar-refractivity contribution in [2.24, 2.45) is 0 Å². The summed E-state index contributed by atoms with van der Waals surface area (Å²) in [6.07, 6.45) is 1.43. The average molecular weight is 476 g/mol. The zero-order valence-electron chi connectivity index (χ0n) is 16.4. The SMILES string of the molecule is CCOC(=O)COc1c(Cl)cc(/C=C2/SC(=O)N([C@@H](C)C(=O)OCC)C2=O)cc1Cl. The van der Waals surface area contributed by atoms with Gasteiger partial charge < -0.3 is 14.2 Å². The van der Waals surface area contributed by atoms with Gasteiger partial charge in [-0.15, -0.1) is 0 Å². The number of hydrogen-bond acceptors (Lipinski definition) is 8. The number of ether oxygens (including phenoxy) is 3. The van der Waals surface area contributed by atoms with Gasteiger partial charge in [-0.25, -0.2) is 9.59 Å². The highest BCUT2D eigenvalue weighted by Gasteiger charge is 2.41. The Bertz CT molecular complexity index is 880. The molecule has 1 aromatic carbocycles. The Morgan fingerprint density at radius 2 is 1.73 bits per heavy atom. The van der Waals surface area contributed by atoms with Gasteiger partial charge in [0.25, 0.3) is 11.1 Å². The molecule has 1 saturated heterocycles. The summed E-state index contributed by atoms with van der Waals surface area (Å²) in [6, 6.07) is 1.89. The molecule has 1 aliphatic heterocycles. The molecule has 30 heavy (non-hydrogen) atoms. The van der Waals surface area contributed by atoms with Gasteiger partial charge in [-0.3, -0.25) is 14.5 Å². The van der Waals surface area contributed by atoms with Gasteiger partial charge in [0.2, 0.25) is 0 Å². The summed E-state index contributed by atoms with van der Waals surface area (Å²) in [4.78, 5) is 49.1. The van der Waals surface area contributed by atoms with E-state index in [9.17, 15) is 19.2 Å². The van der Waals surface area contributed by atoms with E-state index in [1.54, 1.807) is 13.8 Å². The highest BCUT2D eigenvalue weighted by Crippen LogP contribution is 2.38. The van der Waals surface area contributed by atoms with Crippen molar-refractivity contribution in [3.8, 4) is 5.75 Å². The molecule has 0 spiro atoms. The first-order valence-electron chi connectivity index (χ1n) is 8.90. The van der Waals surface area contributed by atoms with Crippen LogP contribution < -0.4 is 4.74 Å². The van der Waals surface area contributed by atoms with Crippen molar-refractivity contribution in [2.75, 3.05) is 19.8 Å². The lowest BCUT2D eigenvalue weighted by molar-refractivity contribution is -0.150. The minimum absolute atomic E-state index is 0.0903. The van der Waals surface area contributed by atoms with Gasteiger partial charge in [0.15, 0.2) is 12.4 Å². The Balaban J connectivity index is 2.20. The smallest absolute Gasteiger partial charge is 0.344 e. The van der Waals surface area contributed by atoms with Crippen LogP contribution in [-0.4, -0.2) is 53.8 Å². The first-order chi connectivity index (χ1) is 14.2. The molecule has 0 aromatic heterocycles. The molecule has 11 heteroatoms. The van der Waals surface area contributed by atoms with Crippen molar-refractivity contribution < 1.29 is 33.4 Å². The summed E-state index contributed by atoms with van der Waals surface area (Å²) < 4.78 is 14.9.